The molecule has 0 saturated carbocycles. The average Bonchev–Trinajstić information content (AvgIpc) is 3.52. The second kappa shape index (κ2) is 7.67. The third-order valence-electron chi connectivity index (χ3n) is 5.67. The fourth-order valence-corrected chi connectivity index (χ4v) is 4.34. The van der Waals surface area contributed by atoms with Crippen molar-refractivity contribution >= 4 is 40.2 Å². The summed E-state index contributed by atoms with van der Waals surface area (Å²) >= 11 is 6.54. The van der Waals surface area contributed by atoms with Gasteiger partial charge in [0.05, 0.1) is 29.5 Å². The zero-order chi connectivity index (χ0) is 21.5. The molecule has 3 heterocycles. The van der Waals surface area contributed by atoms with Crippen LogP contribution in [0.2, 0.25) is 5.02 Å². The molecular weight excluding hydrogens is 418 g/mol. The fourth-order valence-electron chi connectivity index (χ4n) is 4.06. The number of ether oxygens (including phenoxy) is 1. The Bertz CT molecular complexity index is 1190. The van der Waals surface area contributed by atoms with Crippen molar-refractivity contribution in [2.24, 2.45) is 0 Å². The van der Waals surface area contributed by atoms with Gasteiger partial charge in [-0.3, -0.25) is 4.79 Å². The second-order valence-corrected chi connectivity index (χ2v) is 7.94. The van der Waals surface area contributed by atoms with Crippen LogP contribution < -0.4 is 15.0 Å². The molecule has 2 aliphatic rings. The number of aromatic nitrogens is 1. The van der Waals surface area contributed by atoms with Crippen LogP contribution in [0.25, 0.3) is 22.5 Å². The van der Waals surface area contributed by atoms with Gasteiger partial charge in [0.15, 0.2) is 5.76 Å². The SMILES string of the molecule is COc1cc(/C(O)=C2\C(=O)Nc3cc(Cl)c(-c4ccc(N5CCCC5)cc4)cc32)on1. The Balaban J connectivity index is 1.55. The number of carbonyl (C=O) groups excluding carboxylic acids is 1. The first-order valence-electron chi connectivity index (χ1n) is 10.00. The molecule has 7 nitrogen and oxygen atoms in total. The van der Waals surface area contributed by atoms with Crippen molar-refractivity contribution < 1.29 is 19.2 Å². The summed E-state index contributed by atoms with van der Waals surface area (Å²) in [5.41, 5.74) is 4.05. The van der Waals surface area contributed by atoms with Gasteiger partial charge in [-0.05, 0) is 47.8 Å². The van der Waals surface area contributed by atoms with Gasteiger partial charge in [-0.15, -0.1) is 0 Å². The lowest BCUT2D eigenvalue weighted by Gasteiger charge is -2.18. The Morgan fingerprint density at radius 3 is 2.58 bits per heavy atom. The number of nitrogens with zero attached hydrogens (tertiary/aromatic N) is 2. The molecule has 158 valence electrons. The summed E-state index contributed by atoms with van der Waals surface area (Å²) in [6, 6.07) is 13.1. The third-order valence-corrected chi connectivity index (χ3v) is 5.98. The van der Waals surface area contributed by atoms with Gasteiger partial charge < -0.3 is 24.6 Å². The largest absolute Gasteiger partial charge is 0.504 e. The van der Waals surface area contributed by atoms with Crippen molar-refractivity contribution in [3.8, 4) is 17.0 Å². The minimum Gasteiger partial charge on any atom is -0.504 e. The van der Waals surface area contributed by atoms with E-state index in [-0.39, 0.29) is 23.0 Å². The van der Waals surface area contributed by atoms with Gasteiger partial charge in [-0.1, -0.05) is 23.7 Å². The maximum Gasteiger partial charge on any atom is 0.260 e. The Hall–Kier alpha value is -3.45. The molecule has 3 aromatic rings. The summed E-state index contributed by atoms with van der Waals surface area (Å²) < 4.78 is 10.1. The maximum absolute atomic E-state index is 12.6. The van der Waals surface area contributed by atoms with E-state index in [4.69, 9.17) is 20.9 Å². The van der Waals surface area contributed by atoms with Crippen molar-refractivity contribution in [1.29, 1.82) is 0 Å². The number of fused-ring (bicyclic) bond motifs is 1. The van der Waals surface area contributed by atoms with Gasteiger partial charge in [0, 0.05) is 29.9 Å². The van der Waals surface area contributed by atoms with Gasteiger partial charge in [0.25, 0.3) is 11.8 Å². The highest BCUT2D eigenvalue weighted by atomic mass is 35.5. The van der Waals surface area contributed by atoms with E-state index >= 15 is 0 Å². The summed E-state index contributed by atoms with van der Waals surface area (Å²) in [4.78, 5) is 15.0. The minimum absolute atomic E-state index is 0.0429. The number of carbonyl (C=O) groups is 1. The van der Waals surface area contributed by atoms with Crippen LogP contribution in [0.15, 0.2) is 47.0 Å². The number of nitrogens with one attached hydrogen (secondary N) is 1. The highest BCUT2D eigenvalue weighted by Crippen LogP contribution is 2.42. The van der Waals surface area contributed by atoms with Crippen LogP contribution in [0, 0.1) is 0 Å². The molecule has 31 heavy (non-hydrogen) atoms. The standard InChI is InChI=1S/C23H20ClN3O4/c1-30-20-12-19(31-26-20)22(28)21-16-10-15(17(24)11-18(16)25-23(21)29)13-4-6-14(7-5-13)27-8-2-3-9-27/h4-7,10-12,28H,2-3,8-9H2,1H3,(H,25,29)/b22-21+. The molecule has 0 atom stereocenters. The molecule has 1 aromatic heterocycles. The van der Waals surface area contributed by atoms with Crippen LogP contribution in [-0.2, 0) is 4.79 Å². The van der Waals surface area contributed by atoms with E-state index in [0.717, 1.165) is 24.2 Å². The number of halogens is 1. The predicted octanol–water partition coefficient (Wildman–Crippen LogP) is 4.98. The molecule has 5 rings (SSSR count). The first-order chi connectivity index (χ1) is 15.0. The first-order valence-corrected chi connectivity index (χ1v) is 10.4. The summed E-state index contributed by atoms with van der Waals surface area (Å²) in [6.07, 6.45) is 2.43. The highest BCUT2D eigenvalue weighted by Gasteiger charge is 2.31. The number of benzene rings is 2. The molecule has 2 N–H and O–H groups in total. The first kappa shape index (κ1) is 19.5. The van der Waals surface area contributed by atoms with Crippen LogP contribution in [0.3, 0.4) is 0 Å². The number of methoxy groups -OCH3 is 1. The van der Waals surface area contributed by atoms with Gasteiger partial charge in [0.2, 0.25) is 5.76 Å². The predicted molar refractivity (Wildman–Crippen MR) is 119 cm³/mol. The molecule has 1 amide bonds. The van der Waals surface area contributed by atoms with Crippen LogP contribution in [0.1, 0.15) is 24.2 Å². The Morgan fingerprint density at radius 1 is 1.16 bits per heavy atom. The van der Waals surface area contributed by atoms with E-state index in [9.17, 15) is 9.90 Å². The fraction of sp³-hybridized carbons (Fsp3) is 0.217. The Kier molecular flexibility index (Phi) is 4.82. The third kappa shape index (κ3) is 3.41. The summed E-state index contributed by atoms with van der Waals surface area (Å²) in [5.74, 6) is -0.512. The van der Waals surface area contributed by atoms with E-state index in [1.54, 1.807) is 12.1 Å². The second-order valence-electron chi connectivity index (χ2n) is 7.53. The number of hydrogen-bond donors (Lipinski definition) is 2. The van der Waals surface area contributed by atoms with Crippen molar-refractivity contribution in [3.63, 3.8) is 0 Å². The summed E-state index contributed by atoms with van der Waals surface area (Å²) in [6.45, 7) is 2.15. The Labute approximate surface area is 183 Å². The maximum atomic E-state index is 12.6. The van der Waals surface area contributed by atoms with Crippen LogP contribution in [0.4, 0.5) is 11.4 Å². The molecule has 0 unspecified atom stereocenters. The molecule has 8 heteroatoms. The van der Waals surface area contributed by atoms with Gasteiger partial charge in [0.1, 0.15) is 0 Å². The van der Waals surface area contributed by atoms with E-state index < -0.39 is 5.91 Å². The molecule has 0 aliphatic carbocycles. The molecule has 1 saturated heterocycles. The van der Waals surface area contributed by atoms with E-state index in [1.807, 2.05) is 12.1 Å². The molecule has 2 aliphatic heterocycles. The van der Waals surface area contributed by atoms with Gasteiger partial charge >= 0.3 is 0 Å². The van der Waals surface area contributed by atoms with Crippen molar-refractivity contribution in [3.05, 3.63) is 58.8 Å². The summed E-state index contributed by atoms with van der Waals surface area (Å²) in [7, 11) is 1.44. The molecular formula is C23H20ClN3O4. The molecule has 1 fully saturated rings. The smallest absolute Gasteiger partial charge is 0.260 e. The normalized spacial score (nSPS) is 17.0. The number of amides is 1. The van der Waals surface area contributed by atoms with E-state index in [1.165, 1.54) is 31.7 Å². The molecule has 0 radical (unpaired) electrons. The molecule has 2 aromatic carbocycles. The van der Waals surface area contributed by atoms with Crippen LogP contribution in [-0.4, -0.2) is 36.4 Å². The van der Waals surface area contributed by atoms with Gasteiger partial charge in [-0.2, -0.15) is 0 Å². The minimum atomic E-state index is -0.444. The monoisotopic (exact) mass is 437 g/mol. The number of rotatable bonds is 4. The lowest BCUT2D eigenvalue weighted by atomic mass is 9.98. The lowest BCUT2D eigenvalue weighted by Crippen LogP contribution is -2.17. The van der Waals surface area contributed by atoms with Gasteiger partial charge in [-0.25, -0.2) is 0 Å². The molecule has 0 spiro atoms. The van der Waals surface area contributed by atoms with Crippen LogP contribution >= 0.6 is 11.6 Å². The average molecular weight is 438 g/mol. The number of anilines is 2. The Morgan fingerprint density at radius 2 is 1.90 bits per heavy atom. The summed E-state index contributed by atoms with van der Waals surface area (Å²) in [5, 5.41) is 17.7. The number of aliphatic hydroxyl groups is 1. The number of hydrogen-bond acceptors (Lipinski definition) is 6. The quantitative estimate of drug-likeness (QED) is 0.442. The van der Waals surface area contributed by atoms with E-state index in [0.29, 0.717) is 16.3 Å². The van der Waals surface area contributed by atoms with E-state index in [2.05, 4.69) is 27.5 Å². The van der Waals surface area contributed by atoms with Crippen molar-refractivity contribution in [2.45, 2.75) is 12.8 Å². The zero-order valence-corrected chi connectivity index (χ0v) is 17.6. The lowest BCUT2D eigenvalue weighted by molar-refractivity contribution is -0.110. The topological polar surface area (TPSA) is 87.8 Å². The van der Waals surface area contributed by atoms with Crippen LogP contribution in [0.5, 0.6) is 5.88 Å². The number of aliphatic hydroxyl groups excluding tert-OH is 1. The van der Waals surface area contributed by atoms with Crippen molar-refractivity contribution in [1.82, 2.24) is 5.16 Å². The molecule has 0 bridgehead atoms. The van der Waals surface area contributed by atoms with Crippen molar-refractivity contribution in [2.75, 3.05) is 30.4 Å². The zero-order valence-electron chi connectivity index (χ0n) is 16.8. The highest BCUT2D eigenvalue weighted by molar-refractivity contribution is 6.38.